The van der Waals surface area contributed by atoms with Crippen molar-refractivity contribution in [2.24, 2.45) is 0 Å². The maximum Gasteiger partial charge on any atom is 0.160 e. The van der Waals surface area contributed by atoms with Gasteiger partial charge in [-0.15, -0.1) is 0 Å². The van der Waals surface area contributed by atoms with Crippen LogP contribution in [0.3, 0.4) is 0 Å². The zero-order chi connectivity index (χ0) is 41.7. The first-order valence-corrected chi connectivity index (χ1v) is 16.0. The third kappa shape index (κ3) is 4.61. The number of fused-ring (bicyclic) bond motifs is 7. The number of aromatic nitrogens is 3. The lowest BCUT2D eigenvalue weighted by Gasteiger charge is -2.12. The fraction of sp³-hybridized carbons (Fsp3) is 0. The summed E-state index contributed by atoms with van der Waals surface area (Å²) in [6.45, 7) is 0. The Balaban J connectivity index is 1.15. The molecule has 3 aromatic heterocycles. The maximum atomic E-state index is 8.70. The lowest BCUT2D eigenvalue weighted by molar-refractivity contribution is 0.673. The van der Waals surface area contributed by atoms with E-state index in [1.807, 2.05) is 66.7 Å². The molecule has 0 radical (unpaired) electrons. The van der Waals surface area contributed by atoms with Crippen molar-refractivity contribution < 1.29 is 18.1 Å². The standard InChI is InChI=1S/C46H29N3O/c1-3-13-30(14-4-1)39-29-40(48-46(47-39)31-15-5-2-6-16-31)34-19-11-17-32(27-34)33-18-12-20-35(28-33)49-41-23-9-7-22-38(41)44-42(49)26-25-37-36-21-8-10-24-43(36)50-45(37)44/h1-29H/i1D,2D,3D,4D,5D,6D,13D,14D,15D,16D. The zero-order valence-electron chi connectivity index (χ0n) is 36.2. The van der Waals surface area contributed by atoms with Crippen LogP contribution in [-0.2, 0) is 0 Å². The van der Waals surface area contributed by atoms with E-state index in [0.29, 0.717) is 5.56 Å². The fourth-order valence-electron chi connectivity index (χ4n) is 6.77. The molecule has 4 nitrogen and oxygen atoms in total. The fourth-order valence-corrected chi connectivity index (χ4v) is 6.77. The van der Waals surface area contributed by atoms with Crippen LogP contribution >= 0.6 is 0 Å². The van der Waals surface area contributed by atoms with E-state index in [2.05, 4.69) is 45.9 Å². The zero-order valence-corrected chi connectivity index (χ0v) is 26.2. The van der Waals surface area contributed by atoms with Crippen LogP contribution in [0.25, 0.3) is 94.5 Å². The lowest BCUT2D eigenvalue weighted by atomic mass is 10.00. The van der Waals surface area contributed by atoms with E-state index in [4.69, 9.17) is 23.1 Å². The summed E-state index contributed by atoms with van der Waals surface area (Å²) in [5.74, 6) is -0.261. The topological polar surface area (TPSA) is 43.9 Å². The molecule has 0 fully saturated rings. The van der Waals surface area contributed by atoms with Crippen molar-refractivity contribution in [3.63, 3.8) is 0 Å². The molecule has 10 rings (SSSR count). The first-order valence-electron chi connectivity index (χ1n) is 21.0. The van der Waals surface area contributed by atoms with Gasteiger partial charge in [-0.05, 0) is 59.7 Å². The summed E-state index contributed by atoms with van der Waals surface area (Å²) < 4.78 is 93.0. The SMILES string of the molecule is [2H]c1c([2H])c([2H])c(-c2cc(-c3cccc(-c4cccc(-n5c6ccccc6c6c7oc8ccccc8c7ccc65)c4)c3)nc(-c3c([2H])c([2H])c([2H])c([2H])c3[2H])n2)c([2H])c1[2H]. The van der Waals surface area contributed by atoms with Crippen molar-refractivity contribution in [1.82, 2.24) is 14.5 Å². The lowest BCUT2D eigenvalue weighted by Crippen LogP contribution is -1.96. The van der Waals surface area contributed by atoms with Gasteiger partial charge < -0.3 is 8.98 Å². The van der Waals surface area contributed by atoms with Crippen molar-refractivity contribution in [2.45, 2.75) is 0 Å². The molecule has 3 heterocycles. The summed E-state index contributed by atoms with van der Waals surface area (Å²) in [6, 6.07) is 32.0. The van der Waals surface area contributed by atoms with Crippen molar-refractivity contribution in [1.29, 1.82) is 0 Å². The Morgan fingerprint density at radius 2 is 1.14 bits per heavy atom. The second-order valence-electron chi connectivity index (χ2n) is 11.9. The quantitative estimate of drug-likeness (QED) is 0.186. The van der Waals surface area contributed by atoms with Crippen LogP contribution in [-0.4, -0.2) is 14.5 Å². The highest BCUT2D eigenvalue weighted by Crippen LogP contribution is 2.41. The molecule has 0 atom stereocenters. The number of para-hydroxylation sites is 2. The number of hydrogen-bond donors (Lipinski definition) is 0. The van der Waals surface area contributed by atoms with Crippen molar-refractivity contribution in [2.75, 3.05) is 0 Å². The number of rotatable bonds is 5. The number of hydrogen-bond acceptors (Lipinski definition) is 3. The largest absolute Gasteiger partial charge is 0.455 e. The van der Waals surface area contributed by atoms with Gasteiger partial charge in [0.15, 0.2) is 5.82 Å². The van der Waals surface area contributed by atoms with Crippen LogP contribution in [0.2, 0.25) is 0 Å². The van der Waals surface area contributed by atoms with Crippen LogP contribution < -0.4 is 0 Å². The Labute approximate surface area is 302 Å². The molecular weight excluding hydrogens is 611 g/mol. The van der Waals surface area contributed by atoms with Gasteiger partial charge in [-0.1, -0.05) is 127 Å². The molecule has 0 aliphatic rings. The highest BCUT2D eigenvalue weighted by atomic mass is 16.3. The van der Waals surface area contributed by atoms with Gasteiger partial charge in [0, 0.05) is 38.5 Å². The highest BCUT2D eigenvalue weighted by Gasteiger charge is 2.19. The molecule has 50 heavy (non-hydrogen) atoms. The molecule has 0 bridgehead atoms. The first kappa shape index (κ1) is 19.9. The van der Waals surface area contributed by atoms with Crippen LogP contribution in [0.4, 0.5) is 0 Å². The molecule has 4 heteroatoms. The van der Waals surface area contributed by atoms with Crippen molar-refractivity contribution >= 4 is 43.7 Å². The molecule has 0 aliphatic carbocycles. The summed E-state index contributed by atoms with van der Waals surface area (Å²) in [6.07, 6.45) is 0. The van der Waals surface area contributed by atoms with Gasteiger partial charge in [-0.2, -0.15) is 0 Å². The minimum atomic E-state index is -0.589. The third-order valence-electron chi connectivity index (χ3n) is 8.98. The minimum absolute atomic E-state index is 0.0730. The molecule has 0 aliphatic heterocycles. The van der Waals surface area contributed by atoms with Crippen LogP contribution in [0.1, 0.15) is 13.7 Å². The maximum absolute atomic E-state index is 8.70. The highest BCUT2D eigenvalue weighted by molar-refractivity contribution is 6.23. The average molecular weight is 650 g/mol. The molecule has 0 unspecified atom stereocenters. The van der Waals surface area contributed by atoms with Crippen molar-refractivity contribution in [3.8, 4) is 50.7 Å². The van der Waals surface area contributed by atoms with Gasteiger partial charge in [0.05, 0.1) is 41.5 Å². The van der Waals surface area contributed by atoms with E-state index < -0.39 is 60.4 Å². The van der Waals surface area contributed by atoms with Gasteiger partial charge >= 0.3 is 0 Å². The van der Waals surface area contributed by atoms with Crippen molar-refractivity contribution in [3.05, 3.63) is 176 Å². The molecule has 0 saturated carbocycles. The normalized spacial score (nSPS) is 14.4. The van der Waals surface area contributed by atoms with E-state index in [1.54, 1.807) is 6.07 Å². The Bertz CT molecular complexity index is 3320. The third-order valence-corrected chi connectivity index (χ3v) is 8.98. The number of furan rings is 1. The van der Waals surface area contributed by atoms with E-state index in [1.165, 1.54) is 6.07 Å². The van der Waals surface area contributed by atoms with Crippen LogP contribution in [0.15, 0.2) is 180 Å². The molecular formula is C46H29N3O. The molecule has 0 saturated heterocycles. The summed E-state index contributed by atoms with van der Waals surface area (Å²) >= 11 is 0. The number of benzene rings is 7. The van der Waals surface area contributed by atoms with E-state index in [0.717, 1.165) is 60.6 Å². The predicted molar refractivity (Wildman–Crippen MR) is 205 cm³/mol. The Kier molecular flexibility index (Phi) is 4.55. The first-order chi connectivity index (χ1) is 28.9. The molecule has 234 valence electrons. The Morgan fingerprint density at radius 1 is 0.480 bits per heavy atom. The van der Waals surface area contributed by atoms with Gasteiger partial charge in [0.2, 0.25) is 0 Å². The predicted octanol–water partition coefficient (Wildman–Crippen LogP) is 12.1. The summed E-state index contributed by atoms with van der Waals surface area (Å²) in [7, 11) is 0. The molecule has 7 aromatic carbocycles. The van der Waals surface area contributed by atoms with Crippen LogP contribution in [0.5, 0.6) is 0 Å². The second-order valence-corrected chi connectivity index (χ2v) is 11.9. The summed E-state index contributed by atoms with van der Waals surface area (Å²) in [5, 5.41) is 4.16. The van der Waals surface area contributed by atoms with E-state index in [-0.39, 0.29) is 28.3 Å². The molecule has 0 spiro atoms. The number of nitrogens with zero attached hydrogens (tertiary/aromatic N) is 3. The molecule has 10 aromatic rings. The van der Waals surface area contributed by atoms with Crippen LogP contribution in [0, 0.1) is 0 Å². The second kappa shape index (κ2) is 11.4. The van der Waals surface area contributed by atoms with E-state index >= 15 is 0 Å². The van der Waals surface area contributed by atoms with Gasteiger partial charge in [0.1, 0.15) is 11.2 Å². The van der Waals surface area contributed by atoms with E-state index in [9.17, 15) is 0 Å². The minimum Gasteiger partial charge on any atom is -0.455 e. The molecule has 0 amide bonds. The molecule has 0 N–H and O–H groups in total. The smallest absolute Gasteiger partial charge is 0.160 e. The Morgan fingerprint density at radius 3 is 1.96 bits per heavy atom. The summed E-state index contributed by atoms with van der Waals surface area (Å²) in [4.78, 5) is 9.22. The Hall–Kier alpha value is -6.78. The monoisotopic (exact) mass is 649 g/mol. The van der Waals surface area contributed by atoms with Gasteiger partial charge in [-0.3, -0.25) is 0 Å². The van der Waals surface area contributed by atoms with Gasteiger partial charge in [-0.25, -0.2) is 9.97 Å². The van der Waals surface area contributed by atoms with Gasteiger partial charge in [0.25, 0.3) is 0 Å². The summed E-state index contributed by atoms with van der Waals surface area (Å²) in [5.41, 5.74) is 6.44. The average Bonchev–Trinajstić information content (AvgIpc) is 3.82.